The lowest BCUT2D eigenvalue weighted by molar-refractivity contribution is -0.118. The maximum absolute atomic E-state index is 12.0. The standard InChI is InChI=1S/C16H23N3O2.ClH/c1-10(2)8-14(17)16(21)19-13-5-3-4-12(9-13)18-15(20)11-6-7-11;/h3-5,9-11,14H,6-8,17H2,1-2H3,(H,18,20)(H,19,21);1H/t14-;/m0./s1. The molecular weight excluding hydrogens is 302 g/mol. The molecule has 1 aliphatic carbocycles. The molecule has 0 unspecified atom stereocenters. The Morgan fingerprint density at radius 2 is 1.82 bits per heavy atom. The molecule has 0 aliphatic heterocycles. The number of anilines is 2. The van der Waals surface area contributed by atoms with Gasteiger partial charge in [0.15, 0.2) is 0 Å². The first-order valence-electron chi connectivity index (χ1n) is 7.43. The third-order valence-corrected chi connectivity index (χ3v) is 3.41. The fourth-order valence-corrected chi connectivity index (χ4v) is 2.11. The second kappa shape index (κ2) is 8.15. The predicted molar refractivity (Wildman–Crippen MR) is 91.1 cm³/mol. The number of nitrogens with two attached hydrogens (primary N) is 1. The van der Waals surface area contributed by atoms with Gasteiger partial charge >= 0.3 is 0 Å². The van der Waals surface area contributed by atoms with Crippen LogP contribution in [0.1, 0.15) is 33.1 Å². The van der Waals surface area contributed by atoms with Gasteiger partial charge in [0.25, 0.3) is 0 Å². The molecule has 0 heterocycles. The lowest BCUT2D eigenvalue weighted by Gasteiger charge is -2.14. The lowest BCUT2D eigenvalue weighted by atomic mass is 10.0. The predicted octanol–water partition coefficient (Wildman–Crippen LogP) is 2.77. The van der Waals surface area contributed by atoms with Gasteiger partial charge in [0.05, 0.1) is 6.04 Å². The number of nitrogens with one attached hydrogen (secondary N) is 2. The van der Waals surface area contributed by atoms with E-state index in [0.717, 1.165) is 12.8 Å². The van der Waals surface area contributed by atoms with Gasteiger partial charge in [-0.15, -0.1) is 12.4 Å². The molecule has 0 saturated heterocycles. The van der Waals surface area contributed by atoms with Crippen molar-refractivity contribution in [2.45, 2.75) is 39.2 Å². The topological polar surface area (TPSA) is 84.2 Å². The SMILES string of the molecule is CC(C)C[C@H](N)C(=O)Nc1cccc(NC(=O)C2CC2)c1.Cl. The average molecular weight is 326 g/mol. The third kappa shape index (κ3) is 5.66. The molecule has 1 aromatic rings. The van der Waals surface area contributed by atoms with Crippen LogP contribution < -0.4 is 16.4 Å². The summed E-state index contributed by atoms with van der Waals surface area (Å²) >= 11 is 0. The molecule has 6 heteroatoms. The van der Waals surface area contributed by atoms with E-state index in [2.05, 4.69) is 10.6 Å². The summed E-state index contributed by atoms with van der Waals surface area (Å²) < 4.78 is 0. The van der Waals surface area contributed by atoms with Gasteiger partial charge in [0, 0.05) is 17.3 Å². The van der Waals surface area contributed by atoms with Crippen molar-refractivity contribution in [2.24, 2.45) is 17.6 Å². The highest BCUT2D eigenvalue weighted by Gasteiger charge is 2.29. The van der Waals surface area contributed by atoms with Crippen molar-refractivity contribution >= 4 is 35.6 Å². The van der Waals surface area contributed by atoms with Crippen LogP contribution in [-0.4, -0.2) is 17.9 Å². The van der Waals surface area contributed by atoms with Gasteiger partial charge in [-0.25, -0.2) is 0 Å². The molecule has 4 N–H and O–H groups in total. The van der Waals surface area contributed by atoms with Crippen LogP contribution in [0.4, 0.5) is 11.4 Å². The number of amides is 2. The number of rotatable bonds is 6. The number of benzene rings is 1. The van der Waals surface area contributed by atoms with Crippen LogP contribution in [0.5, 0.6) is 0 Å². The molecule has 2 rings (SSSR count). The van der Waals surface area contributed by atoms with Gasteiger partial charge in [-0.05, 0) is 43.4 Å². The second-order valence-corrected chi connectivity index (χ2v) is 6.07. The zero-order valence-corrected chi connectivity index (χ0v) is 13.8. The first-order chi connectivity index (χ1) is 9.95. The number of hydrogen-bond donors (Lipinski definition) is 3. The Bertz CT molecular complexity index is 530. The Kier molecular flexibility index (Phi) is 6.84. The van der Waals surface area contributed by atoms with E-state index in [0.29, 0.717) is 23.7 Å². The maximum atomic E-state index is 12.0. The summed E-state index contributed by atoms with van der Waals surface area (Å²) in [5, 5.41) is 5.65. The zero-order valence-electron chi connectivity index (χ0n) is 13.0. The molecule has 0 bridgehead atoms. The molecule has 1 fully saturated rings. The van der Waals surface area contributed by atoms with E-state index in [4.69, 9.17) is 5.73 Å². The Labute approximate surface area is 137 Å². The van der Waals surface area contributed by atoms with Gasteiger partial charge < -0.3 is 16.4 Å². The van der Waals surface area contributed by atoms with Crippen LogP contribution in [0.2, 0.25) is 0 Å². The maximum Gasteiger partial charge on any atom is 0.241 e. The number of halogens is 1. The van der Waals surface area contributed by atoms with Crippen molar-refractivity contribution in [1.29, 1.82) is 0 Å². The summed E-state index contributed by atoms with van der Waals surface area (Å²) in [6.45, 7) is 4.06. The highest BCUT2D eigenvalue weighted by atomic mass is 35.5. The van der Waals surface area contributed by atoms with Crippen LogP contribution in [0.15, 0.2) is 24.3 Å². The quantitative estimate of drug-likeness (QED) is 0.752. The summed E-state index contributed by atoms with van der Waals surface area (Å²) in [5.74, 6) is 0.377. The molecule has 5 nitrogen and oxygen atoms in total. The first-order valence-corrected chi connectivity index (χ1v) is 7.43. The Morgan fingerprint density at radius 3 is 2.36 bits per heavy atom. The minimum absolute atomic E-state index is 0. The van der Waals surface area contributed by atoms with E-state index >= 15 is 0 Å². The summed E-state index contributed by atoms with van der Waals surface area (Å²) in [4.78, 5) is 23.7. The van der Waals surface area contributed by atoms with Gasteiger partial charge in [-0.3, -0.25) is 9.59 Å². The van der Waals surface area contributed by atoms with Crippen LogP contribution >= 0.6 is 12.4 Å². The van der Waals surface area contributed by atoms with Gasteiger partial charge in [0.2, 0.25) is 11.8 Å². The van der Waals surface area contributed by atoms with Crippen LogP contribution in [0, 0.1) is 11.8 Å². The van der Waals surface area contributed by atoms with E-state index in [-0.39, 0.29) is 30.1 Å². The van der Waals surface area contributed by atoms with Crippen molar-refractivity contribution in [2.75, 3.05) is 10.6 Å². The van der Waals surface area contributed by atoms with Gasteiger partial charge in [-0.2, -0.15) is 0 Å². The van der Waals surface area contributed by atoms with Gasteiger partial charge in [-0.1, -0.05) is 19.9 Å². The number of carbonyl (C=O) groups excluding carboxylic acids is 2. The second-order valence-electron chi connectivity index (χ2n) is 6.07. The van der Waals surface area contributed by atoms with Crippen molar-refractivity contribution < 1.29 is 9.59 Å². The summed E-state index contributed by atoms with van der Waals surface area (Å²) in [6.07, 6.45) is 2.57. The van der Waals surface area contributed by atoms with Gasteiger partial charge in [0.1, 0.15) is 0 Å². The number of carbonyl (C=O) groups is 2. The third-order valence-electron chi connectivity index (χ3n) is 3.41. The largest absolute Gasteiger partial charge is 0.326 e. The minimum atomic E-state index is -0.519. The minimum Gasteiger partial charge on any atom is -0.326 e. The molecular formula is C16H24ClN3O2. The molecule has 122 valence electrons. The Balaban J connectivity index is 0.00000242. The molecule has 22 heavy (non-hydrogen) atoms. The average Bonchev–Trinajstić information content (AvgIpc) is 3.22. The Morgan fingerprint density at radius 1 is 1.23 bits per heavy atom. The normalized spacial score (nSPS) is 14.9. The molecule has 0 spiro atoms. The molecule has 0 aromatic heterocycles. The van der Waals surface area contributed by atoms with Crippen LogP contribution in [-0.2, 0) is 9.59 Å². The summed E-state index contributed by atoms with van der Waals surface area (Å²) in [7, 11) is 0. The molecule has 1 atom stereocenters. The molecule has 1 saturated carbocycles. The summed E-state index contributed by atoms with van der Waals surface area (Å²) in [6, 6.07) is 6.62. The van der Waals surface area contributed by atoms with Crippen molar-refractivity contribution in [3.05, 3.63) is 24.3 Å². The highest BCUT2D eigenvalue weighted by Crippen LogP contribution is 2.30. The fourth-order valence-electron chi connectivity index (χ4n) is 2.11. The smallest absolute Gasteiger partial charge is 0.241 e. The summed E-state index contributed by atoms with van der Waals surface area (Å²) in [5.41, 5.74) is 7.19. The first kappa shape index (κ1) is 18.5. The highest BCUT2D eigenvalue weighted by molar-refractivity contribution is 5.97. The van der Waals surface area contributed by atoms with Crippen molar-refractivity contribution in [3.63, 3.8) is 0 Å². The monoisotopic (exact) mass is 325 g/mol. The molecule has 1 aromatic carbocycles. The fraction of sp³-hybridized carbons (Fsp3) is 0.500. The number of hydrogen-bond acceptors (Lipinski definition) is 3. The lowest BCUT2D eigenvalue weighted by Crippen LogP contribution is -2.36. The molecule has 0 radical (unpaired) electrons. The van der Waals surface area contributed by atoms with E-state index in [1.165, 1.54) is 0 Å². The van der Waals surface area contributed by atoms with Crippen LogP contribution in [0.3, 0.4) is 0 Å². The van der Waals surface area contributed by atoms with E-state index < -0.39 is 6.04 Å². The van der Waals surface area contributed by atoms with Crippen molar-refractivity contribution in [3.8, 4) is 0 Å². The van der Waals surface area contributed by atoms with E-state index in [1.807, 2.05) is 19.9 Å². The van der Waals surface area contributed by atoms with Crippen LogP contribution in [0.25, 0.3) is 0 Å². The zero-order chi connectivity index (χ0) is 15.4. The van der Waals surface area contributed by atoms with Crippen molar-refractivity contribution in [1.82, 2.24) is 0 Å². The van der Waals surface area contributed by atoms with E-state index in [9.17, 15) is 9.59 Å². The molecule has 1 aliphatic rings. The Hall–Kier alpha value is -1.59. The van der Waals surface area contributed by atoms with E-state index in [1.54, 1.807) is 18.2 Å². The molecule has 2 amide bonds.